The fourth-order valence-corrected chi connectivity index (χ4v) is 3.95. The van der Waals surface area contributed by atoms with Crippen LogP contribution in [0.25, 0.3) is 0 Å². The van der Waals surface area contributed by atoms with Gasteiger partial charge in [-0.2, -0.15) is 15.4 Å². The number of allylic oxidation sites excluding steroid dienone is 2. The van der Waals surface area contributed by atoms with Crippen molar-refractivity contribution < 1.29 is 14.3 Å². The zero-order valence-corrected chi connectivity index (χ0v) is 12.8. The molecule has 6 heteroatoms. The van der Waals surface area contributed by atoms with Gasteiger partial charge in [-0.15, -0.1) is 0 Å². The van der Waals surface area contributed by atoms with Crippen LogP contribution in [0, 0.1) is 35.0 Å². The van der Waals surface area contributed by atoms with Crippen LogP contribution in [-0.2, 0) is 9.59 Å². The van der Waals surface area contributed by atoms with E-state index in [9.17, 15) is 9.59 Å². The molecule has 1 aliphatic heterocycles. The smallest absolute Gasteiger partial charge is 0.254 e. The molecule has 1 aromatic rings. The molecule has 0 aromatic heterocycles. The zero-order chi connectivity index (χ0) is 16.7. The van der Waals surface area contributed by atoms with Crippen LogP contribution in [0.1, 0.15) is 12.0 Å². The molecule has 0 N–H and O–H groups in total. The topological polar surface area (TPSA) is 82.8 Å². The van der Waals surface area contributed by atoms with Crippen LogP contribution in [0.5, 0.6) is 5.75 Å². The van der Waals surface area contributed by atoms with E-state index in [1.54, 1.807) is 24.3 Å². The van der Waals surface area contributed by atoms with Crippen molar-refractivity contribution >= 4 is 18.0 Å². The summed E-state index contributed by atoms with van der Waals surface area (Å²) in [6.07, 6.45) is 6.44. The fourth-order valence-electron chi connectivity index (χ4n) is 3.95. The Balaban J connectivity index is 1.57. The highest BCUT2D eigenvalue weighted by Crippen LogP contribution is 2.52. The first-order chi connectivity index (χ1) is 11.7. The second-order valence-corrected chi connectivity index (χ2v) is 6.22. The third kappa shape index (κ3) is 2.13. The summed E-state index contributed by atoms with van der Waals surface area (Å²) in [5.74, 6) is -0.110. The van der Waals surface area contributed by atoms with E-state index < -0.39 is 0 Å². The van der Waals surface area contributed by atoms with Gasteiger partial charge in [0.15, 0.2) is 6.61 Å². The van der Waals surface area contributed by atoms with Gasteiger partial charge in [0.05, 0.1) is 18.1 Å². The summed E-state index contributed by atoms with van der Waals surface area (Å²) in [5, 5.41) is 13.8. The molecule has 2 fully saturated rings. The summed E-state index contributed by atoms with van der Waals surface area (Å²) in [6, 6.07) is 8.96. The molecule has 24 heavy (non-hydrogen) atoms. The third-order valence-electron chi connectivity index (χ3n) is 4.97. The highest BCUT2D eigenvalue weighted by atomic mass is 16.5. The van der Waals surface area contributed by atoms with E-state index in [1.165, 1.54) is 6.21 Å². The summed E-state index contributed by atoms with van der Waals surface area (Å²) in [4.78, 5) is 25.1. The lowest BCUT2D eigenvalue weighted by atomic mass is 9.85. The van der Waals surface area contributed by atoms with Crippen molar-refractivity contribution in [2.45, 2.75) is 6.42 Å². The average molecular weight is 321 g/mol. The first kappa shape index (κ1) is 14.6. The maximum Gasteiger partial charge on any atom is 0.254 e. The monoisotopic (exact) mass is 321 g/mol. The standard InChI is InChI=1S/C18H15N3O3/c19-7-8-24-14-4-2-1-3-13(14)10-20-21-17(22)15-11-5-6-12(9-11)16(15)18(21)23/h1-6,10-12,15-16H,8-9H2/b20-10+. The Hall–Kier alpha value is -2.94. The molecule has 2 bridgehead atoms. The number of nitriles is 1. The van der Waals surface area contributed by atoms with E-state index in [0.29, 0.717) is 11.3 Å². The number of benzene rings is 1. The largest absolute Gasteiger partial charge is 0.478 e. The predicted octanol–water partition coefficient (Wildman–Crippen LogP) is 1.73. The van der Waals surface area contributed by atoms with Crippen LogP contribution >= 0.6 is 0 Å². The van der Waals surface area contributed by atoms with Gasteiger partial charge in [0, 0.05) is 5.56 Å². The van der Waals surface area contributed by atoms with Gasteiger partial charge in [-0.1, -0.05) is 24.3 Å². The second kappa shape index (κ2) is 5.60. The van der Waals surface area contributed by atoms with Crippen molar-refractivity contribution in [3.8, 4) is 11.8 Å². The van der Waals surface area contributed by atoms with E-state index in [4.69, 9.17) is 10.00 Å². The number of hydrogen-bond acceptors (Lipinski definition) is 5. The molecule has 1 heterocycles. The number of para-hydroxylation sites is 1. The molecule has 4 unspecified atom stereocenters. The zero-order valence-electron chi connectivity index (χ0n) is 12.8. The van der Waals surface area contributed by atoms with Crippen LogP contribution in [0.15, 0.2) is 41.5 Å². The Morgan fingerprint density at radius 3 is 2.54 bits per heavy atom. The van der Waals surface area contributed by atoms with Crippen molar-refractivity contribution in [1.29, 1.82) is 5.26 Å². The lowest BCUT2D eigenvalue weighted by Crippen LogP contribution is -2.28. The van der Waals surface area contributed by atoms with Gasteiger partial charge in [-0.25, -0.2) is 0 Å². The van der Waals surface area contributed by atoms with Crippen LogP contribution in [0.4, 0.5) is 0 Å². The van der Waals surface area contributed by atoms with Crippen molar-refractivity contribution in [2.75, 3.05) is 6.61 Å². The summed E-state index contributed by atoms with van der Waals surface area (Å²) >= 11 is 0. The van der Waals surface area contributed by atoms with Crippen molar-refractivity contribution in [2.24, 2.45) is 28.8 Å². The number of hydrogen-bond donors (Lipinski definition) is 0. The van der Waals surface area contributed by atoms with Gasteiger partial charge in [0.1, 0.15) is 11.8 Å². The summed E-state index contributed by atoms with van der Waals surface area (Å²) in [6.45, 7) is -0.0778. The van der Waals surface area contributed by atoms with Gasteiger partial charge in [-0.3, -0.25) is 9.59 Å². The van der Waals surface area contributed by atoms with E-state index in [-0.39, 0.29) is 42.1 Å². The Kier molecular flexibility index (Phi) is 3.42. The fraction of sp³-hybridized carbons (Fsp3) is 0.333. The molecule has 4 rings (SSSR count). The summed E-state index contributed by atoms with van der Waals surface area (Å²) in [7, 11) is 0. The number of fused-ring (bicyclic) bond motifs is 5. The number of imide groups is 1. The molecule has 4 atom stereocenters. The van der Waals surface area contributed by atoms with Crippen molar-refractivity contribution in [3.05, 3.63) is 42.0 Å². The number of ether oxygens (including phenoxy) is 1. The van der Waals surface area contributed by atoms with E-state index >= 15 is 0 Å². The Morgan fingerprint density at radius 2 is 1.88 bits per heavy atom. The summed E-state index contributed by atoms with van der Waals surface area (Å²) in [5.41, 5.74) is 0.617. The van der Waals surface area contributed by atoms with E-state index in [2.05, 4.69) is 17.3 Å². The quantitative estimate of drug-likeness (QED) is 0.480. The highest BCUT2D eigenvalue weighted by molar-refractivity contribution is 6.06. The summed E-state index contributed by atoms with van der Waals surface area (Å²) < 4.78 is 5.32. The molecule has 6 nitrogen and oxygen atoms in total. The Morgan fingerprint density at radius 1 is 1.21 bits per heavy atom. The van der Waals surface area contributed by atoms with Crippen LogP contribution in [0.2, 0.25) is 0 Å². The minimum atomic E-state index is -0.255. The number of hydrazone groups is 1. The highest BCUT2D eigenvalue weighted by Gasteiger charge is 2.59. The van der Waals surface area contributed by atoms with Gasteiger partial charge < -0.3 is 4.74 Å². The normalized spacial score (nSPS) is 30.2. The molecular formula is C18H15N3O3. The molecule has 120 valence electrons. The number of nitrogens with zero attached hydrogens (tertiary/aromatic N) is 3. The molecular weight excluding hydrogens is 306 g/mol. The number of amides is 2. The minimum absolute atomic E-state index is 0.0778. The minimum Gasteiger partial charge on any atom is -0.478 e. The maximum absolute atomic E-state index is 12.5. The second-order valence-electron chi connectivity index (χ2n) is 6.22. The molecule has 3 aliphatic rings. The third-order valence-corrected chi connectivity index (χ3v) is 4.97. The Bertz CT molecular complexity index is 778. The lowest BCUT2D eigenvalue weighted by molar-refractivity contribution is -0.140. The van der Waals surface area contributed by atoms with Crippen LogP contribution in [0.3, 0.4) is 0 Å². The molecule has 2 amide bonds. The average Bonchev–Trinajstić information content (AvgIpc) is 3.27. The number of carbonyl (C=O) groups excluding carboxylic acids is 2. The molecule has 0 spiro atoms. The van der Waals surface area contributed by atoms with Gasteiger partial charge >= 0.3 is 0 Å². The van der Waals surface area contributed by atoms with Gasteiger partial charge in [-0.05, 0) is 30.4 Å². The Labute approximate surface area is 139 Å². The maximum atomic E-state index is 12.5. The van der Waals surface area contributed by atoms with E-state index in [0.717, 1.165) is 11.4 Å². The predicted molar refractivity (Wildman–Crippen MR) is 84.7 cm³/mol. The van der Waals surface area contributed by atoms with Gasteiger partial charge in [0.2, 0.25) is 0 Å². The molecule has 1 saturated carbocycles. The van der Waals surface area contributed by atoms with Crippen LogP contribution in [-0.4, -0.2) is 29.6 Å². The van der Waals surface area contributed by atoms with Crippen LogP contribution < -0.4 is 4.74 Å². The first-order valence-electron chi connectivity index (χ1n) is 7.89. The number of carbonyl (C=O) groups is 2. The molecule has 1 saturated heterocycles. The number of rotatable bonds is 4. The van der Waals surface area contributed by atoms with Crippen molar-refractivity contribution in [3.63, 3.8) is 0 Å². The van der Waals surface area contributed by atoms with E-state index in [1.807, 2.05) is 6.07 Å². The first-order valence-corrected chi connectivity index (χ1v) is 7.89. The lowest BCUT2D eigenvalue weighted by Gasteiger charge is -2.13. The molecule has 0 radical (unpaired) electrons. The van der Waals surface area contributed by atoms with Gasteiger partial charge in [0.25, 0.3) is 11.8 Å². The molecule has 2 aliphatic carbocycles. The SMILES string of the molecule is N#CCOc1ccccc1/C=N/N1C(=O)C2C3C=CC(C3)C2C1=O. The molecule has 1 aromatic carbocycles. The van der Waals surface area contributed by atoms with Crippen molar-refractivity contribution in [1.82, 2.24) is 5.01 Å².